The van der Waals surface area contributed by atoms with E-state index in [0.29, 0.717) is 22.3 Å². The van der Waals surface area contributed by atoms with Gasteiger partial charge in [0.25, 0.3) is 0 Å². The molecule has 0 fully saturated rings. The lowest BCUT2D eigenvalue weighted by Crippen LogP contribution is -2.00. The van der Waals surface area contributed by atoms with E-state index in [9.17, 15) is 4.39 Å². The van der Waals surface area contributed by atoms with Crippen LogP contribution in [0, 0.1) is 11.7 Å². The molecule has 3 nitrogen and oxygen atoms in total. The van der Waals surface area contributed by atoms with E-state index in [2.05, 4.69) is 24.0 Å². The van der Waals surface area contributed by atoms with Crippen molar-refractivity contribution in [1.82, 2.24) is 10.2 Å². The fraction of sp³-hybridized carbons (Fsp3) is 0.357. The second-order valence-corrected chi connectivity index (χ2v) is 5.21. The Balaban J connectivity index is 2.46. The van der Waals surface area contributed by atoms with Crippen molar-refractivity contribution < 1.29 is 4.39 Å². The summed E-state index contributed by atoms with van der Waals surface area (Å²) in [6.45, 7) is 4.29. The number of aromatic nitrogens is 2. The third-order valence-corrected chi connectivity index (χ3v) is 3.63. The molecule has 0 bridgehead atoms. The molecule has 5 heteroatoms. The molecule has 2 rings (SSSR count). The van der Waals surface area contributed by atoms with Crippen LogP contribution < -0.4 is 5.73 Å². The number of hydrogen-bond acceptors (Lipinski definition) is 2. The van der Waals surface area contributed by atoms with Crippen LogP contribution in [0.5, 0.6) is 0 Å². The number of hydrogen-bond donors (Lipinski definition) is 2. The van der Waals surface area contributed by atoms with Crippen LogP contribution in [0.15, 0.2) is 18.2 Å². The van der Waals surface area contributed by atoms with Crippen molar-refractivity contribution in [3.8, 4) is 11.1 Å². The lowest BCUT2D eigenvalue weighted by Gasteiger charge is -2.10. The second kappa shape index (κ2) is 5.61. The molecule has 0 radical (unpaired) electrons. The zero-order chi connectivity index (χ0) is 14.0. The number of H-pyrrole nitrogens is 1. The quantitative estimate of drug-likeness (QED) is 0.888. The topological polar surface area (TPSA) is 54.7 Å². The van der Waals surface area contributed by atoms with Gasteiger partial charge in [0.15, 0.2) is 5.82 Å². The van der Waals surface area contributed by atoms with Crippen molar-refractivity contribution in [2.45, 2.75) is 26.7 Å². The first-order valence-corrected chi connectivity index (χ1v) is 6.68. The van der Waals surface area contributed by atoms with Crippen LogP contribution in [-0.4, -0.2) is 10.2 Å². The zero-order valence-corrected chi connectivity index (χ0v) is 11.8. The van der Waals surface area contributed by atoms with Crippen LogP contribution in [0.1, 0.15) is 26.0 Å². The van der Waals surface area contributed by atoms with E-state index < -0.39 is 0 Å². The first kappa shape index (κ1) is 13.9. The molecule has 19 heavy (non-hydrogen) atoms. The molecule has 0 saturated carbocycles. The van der Waals surface area contributed by atoms with E-state index in [0.717, 1.165) is 24.1 Å². The number of anilines is 1. The van der Waals surface area contributed by atoms with Gasteiger partial charge in [-0.25, -0.2) is 4.39 Å². The van der Waals surface area contributed by atoms with Crippen molar-refractivity contribution in [2.75, 3.05) is 5.73 Å². The highest BCUT2D eigenvalue weighted by Gasteiger charge is 2.17. The minimum atomic E-state index is -0.362. The summed E-state index contributed by atoms with van der Waals surface area (Å²) in [6, 6.07) is 4.30. The summed E-state index contributed by atoms with van der Waals surface area (Å²) in [5.41, 5.74) is 8.35. The van der Waals surface area contributed by atoms with Crippen LogP contribution in [0.2, 0.25) is 5.02 Å². The molecule has 0 aliphatic rings. The number of aromatic amines is 1. The second-order valence-electron chi connectivity index (χ2n) is 4.80. The Hall–Kier alpha value is -1.55. The van der Waals surface area contributed by atoms with E-state index in [4.69, 9.17) is 17.3 Å². The Morgan fingerprint density at radius 2 is 2.21 bits per heavy atom. The molecule has 102 valence electrons. The van der Waals surface area contributed by atoms with Gasteiger partial charge >= 0.3 is 0 Å². The maximum absolute atomic E-state index is 13.1. The molecule has 0 aliphatic carbocycles. The normalized spacial score (nSPS) is 12.6. The third kappa shape index (κ3) is 2.89. The number of rotatable bonds is 4. The minimum Gasteiger partial charge on any atom is -0.382 e. The third-order valence-electron chi connectivity index (χ3n) is 3.32. The lowest BCUT2D eigenvalue weighted by molar-refractivity contribution is 0.552. The highest BCUT2D eigenvalue weighted by atomic mass is 35.5. The first-order chi connectivity index (χ1) is 9.02. The molecule has 0 aliphatic heterocycles. The molecule has 0 amide bonds. The largest absolute Gasteiger partial charge is 0.382 e. The predicted octanol–water partition coefficient (Wildman–Crippen LogP) is 4.04. The van der Waals surface area contributed by atoms with Crippen LogP contribution >= 0.6 is 11.6 Å². The van der Waals surface area contributed by atoms with Gasteiger partial charge in [0.05, 0.1) is 5.02 Å². The van der Waals surface area contributed by atoms with Gasteiger partial charge in [-0.3, -0.25) is 5.10 Å². The monoisotopic (exact) mass is 281 g/mol. The summed E-state index contributed by atoms with van der Waals surface area (Å²) in [4.78, 5) is 0. The molecule has 1 atom stereocenters. The Morgan fingerprint density at radius 3 is 2.84 bits per heavy atom. The molecule has 1 aromatic carbocycles. The number of benzene rings is 1. The maximum atomic E-state index is 13.1. The Bertz CT molecular complexity index is 580. The van der Waals surface area contributed by atoms with E-state index >= 15 is 0 Å². The number of nitrogens with one attached hydrogen (secondary N) is 1. The van der Waals surface area contributed by atoms with Gasteiger partial charge in [0, 0.05) is 16.8 Å². The standard InChI is InChI=1S/C14H17ClFN3/c1-3-8(2)6-12-13(14(17)19-18-12)10-5-4-9(16)7-11(10)15/h4-5,7-8H,3,6H2,1-2H3,(H3,17,18,19). The molecule has 0 spiro atoms. The van der Waals surface area contributed by atoms with Gasteiger partial charge < -0.3 is 5.73 Å². The minimum absolute atomic E-state index is 0.346. The zero-order valence-electron chi connectivity index (χ0n) is 11.0. The summed E-state index contributed by atoms with van der Waals surface area (Å²) in [7, 11) is 0. The lowest BCUT2D eigenvalue weighted by atomic mass is 9.97. The Morgan fingerprint density at radius 1 is 1.47 bits per heavy atom. The van der Waals surface area contributed by atoms with Crippen molar-refractivity contribution in [1.29, 1.82) is 0 Å². The fourth-order valence-corrected chi connectivity index (χ4v) is 2.29. The van der Waals surface area contributed by atoms with E-state index in [1.165, 1.54) is 12.1 Å². The van der Waals surface area contributed by atoms with E-state index in [1.807, 2.05) is 0 Å². The summed E-state index contributed by atoms with van der Waals surface area (Å²) in [5.74, 6) is 0.545. The SMILES string of the molecule is CCC(C)Cc1[nH]nc(N)c1-c1ccc(F)cc1Cl. The van der Waals surface area contributed by atoms with Gasteiger partial charge in [0.1, 0.15) is 5.82 Å². The van der Waals surface area contributed by atoms with Crippen molar-refractivity contribution in [3.05, 3.63) is 34.7 Å². The highest BCUT2D eigenvalue weighted by Crippen LogP contribution is 2.35. The van der Waals surface area contributed by atoms with Gasteiger partial charge in [-0.2, -0.15) is 5.10 Å². The van der Waals surface area contributed by atoms with Crippen molar-refractivity contribution in [2.24, 2.45) is 5.92 Å². The number of nitrogens with zero attached hydrogens (tertiary/aromatic N) is 1. The summed E-state index contributed by atoms with van der Waals surface area (Å²) < 4.78 is 13.1. The van der Waals surface area contributed by atoms with E-state index in [1.54, 1.807) is 6.07 Å². The predicted molar refractivity (Wildman–Crippen MR) is 76.6 cm³/mol. The molecule has 1 unspecified atom stereocenters. The molecular formula is C14H17ClFN3. The molecule has 0 saturated heterocycles. The molecule has 3 N–H and O–H groups in total. The van der Waals surface area contributed by atoms with Gasteiger partial charge in [-0.15, -0.1) is 0 Å². The molecule has 1 aromatic heterocycles. The molecule has 1 heterocycles. The van der Waals surface area contributed by atoms with E-state index in [-0.39, 0.29) is 5.82 Å². The van der Waals surface area contributed by atoms with Gasteiger partial charge in [-0.1, -0.05) is 31.9 Å². The first-order valence-electron chi connectivity index (χ1n) is 6.31. The Labute approximate surface area is 117 Å². The fourth-order valence-electron chi connectivity index (χ4n) is 2.03. The van der Waals surface area contributed by atoms with Gasteiger partial charge in [-0.05, 0) is 30.5 Å². The smallest absolute Gasteiger partial charge is 0.153 e. The van der Waals surface area contributed by atoms with Crippen molar-refractivity contribution in [3.63, 3.8) is 0 Å². The Kier molecular flexibility index (Phi) is 4.10. The molecular weight excluding hydrogens is 265 g/mol. The summed E-state index contributed by atoms with van der Waals surface area (Å²) in [5, 5.41) is 7.34. The van der Waals surface area contributed by atoms with Crippen LogP contribution in [0.4, 0.5) is 10.2 Å². The maximum Gasteiger partial charge on any atom is 0.153 e. The highest BCUT2D eigenvalue weighted by molar-refractivity contribution is 6.33. The van der Waals surface area contributed by atoms with Crippen LogP contribution in [-0.2, 0) is 6.42 Å². The average Bonchev–Trinajstić information content (AvgIpc) is 2.71. The number of halogens is 2. The number of nitrogen functional groups attached to an aromatic ring is 1. The molecule has 2 aromatic rings. The average molecular weight is 282 g/mol. The van der Waals surface area contributed by atoms with Crippen LogP contribution in [0.3, 0.4) is 0 Å². The number of nitrogens with two attached hydrogens (primary N) is 1. The summed E-state index contributed by atoms with van der Waals surface area (Å²) in [6.07, 6.45) is 1.90. The van der Waals surface area contributed by atoms with Gasteiger partial charge in [0.2, 0.25) is 0 Å². The van der Waals surface area contributed by atoms with Crippen LogP contribution in [0.25, 0.3) is 11.1 Å². The van der Waals surface area contributed by atoms with Crippen molar-refractivity contribution >= 4 is 17.4 Å². The summed E-state index contributed by atoms with van der Waals surface area (Å²) >= 11 is 6.10.